The van der Waals surface area contributed by atoms with Crippen molar-refractivity contribution in [3.8, 4) is 11.5 Å². The molecule has 0 aromatic heterocycles. The van der Waals surface area contributed by atoms with Crippen molar-refractivity contribution in [2.24, 2.45) is 0 Å². The molecule has 1 unspecified atom stereocenters. The van der Waals surface area contributed by atoms with Crippen molar-refractivity contribution >= 4 is 11.9 Å². The zero-order chi connectivity index (χ0) is 18.2. The van der Waals surface area contributed by atoms with Gasteiger partial charge in [0.05, 0.1) is 26.4 Å². The maximum atomic E-state index is 12.7. The first-order valence-electron chi connectivity index (χ1n) is 8.60. The van der Waals surface area contributed by atoms with Crippen LogP contribution in [0.5, 0.6) is 11.5 Å². The summed E-state index contributed by atoms with van der Waals surface area (Å²) in [6.07, 6.45) is 0.986. The fourth-order valence-corrected chi connectivity index (χ4v) is 2.52. The Morgan fingerprint density at radius 3 is 2.76 bits per heavy atom. The monoisotopic (exact) mass is 351 g/mol. The Balaban J connectivity index is 2.13. The van der Waals surface area contributed by atoms with Crippen molar-refractivity contribution in [2.45, 2.75) is 32.8 Å². The zero-order valence-corrected chi connectivity index (χ0v) is 14.7. The summed E-state index contributed by atoms with van der Waals surface area (Å²) in [6.45, 7) is 5.60. The standard InChI is InChI=1S/C18H25NO6/c1-3-5-9-24-14-7-6-13(11-15(14)23-4-2)17(20)19-8-10-25-16(12-19)18(21)22/h6-7,11,16H,3-5,8-10,12H2,1-2H3,(H,21,22). The molecule has 0 bridgehead atoms. The van der Waals surface area contributed by atoms with Crippen molar-refractivity contribution in [3.63, 3.8) is 0 Å². The van der Waals surface area contributed by atoms with Gasteiger partial charge in [-0.15, -0.1) is 0 Å². The third-order valence-corrected chi connectivity index (χ3v) is 3.88. The second kappa shape index (κ2) is 9.27. The van der Waals surface area contributed by atoms with Crippen molar-refractivity contribution in [2.75, 3.05) is 32.9 Å². The maximum Gasteiger partial charge on any atom is 0.334 e. The summed E-state index contributed by atoms with van der Waals surface area (Å²) in [5.74, 6) is -0.174. The molecule has 1 aliphatic rings. The molecule has 1 aromatic carbocycles. The number of carboxylic acid groups (broad SMARTS) is 1. The Hall–Kier alpha value is -2.28. The lowest BCUT2D eigenvalue weighted by molar-refractivity contribution is -0.154. The van der Waals surface area contributed by atoms with Gasteiger partial charge < -0.3 is 24.2 Å². The van der Waals surface area contributed by atoms with E-state index in [4.69, 9.17) is 19.3 Å². The Morgan fingerprint density at radius 1 is 1.28 bits per heavy atom. The van der Waals surface area contributed by atoms with Crippen molar-refractivity contribution in [1.82, 2.24) is 4.90 Å². The molecule has 7 nitrogen and oxygen atoms in total. The van der Waals surface area contributed by atoms with Crippen LogP contribution < -0.4 is 9.47 Å². The summed E-state index contributed by atoms with van der Waals surface area (Å²) >= 11 is 0. The first kappa shape index (κ1) is 19.1. The number of amides is 1. The van der Waals surface area contributed by atoms with E-state index in [1.165, 1.54) is 4.90 Å². The fourth-order valence-electron chi connectivity index (χ4n) is 2.52. The molecule has 1 aromatic rings. The van der Waals surface area contributed by atoms with E-state index in [2.05, 4.69) is 6.92 Å². The summed E-state index contributed by atoms with van der Waals surface area (Å²) < 4.78 is 16.5. The topological polar surface area (TPSA) is 85.3 Å². The molecule has 25 heavy (non-hydrogen) atoms. The Bertz CT molecular complexity index is 603. The second-order valence-corrected chi connectivity index (χ2v) is 5.75. The molecular weight excluding hydrogens is 326 g/mol. The Kier molecular flexibility index (Phi) is 7.06. The number of ether oxygens (including phenoxy) is 3. The SMILES string of the molecule is CCCCOc1ccc(C(=O)N2CCOC(C(=O)O)C2)cc1OCC. The molecule has 1 amide bonds. The van der Waals surface area contributed by atoms with E-state index in [-0.39, 0.29) is 19.1 Å². The van der Waals surface area contributed by atoms with E-state index in [0.29, 0.717) is 36.8 Å². The number of carbonyl (C=O) groups is 2. The molecule has 0 radical (unpaired) electrons. The first-order chi connectivity index (χ1) is 12.1. The molecule has 0 aliphatic carbocycles. The van der Waals surface area contributed by atoms with E-state index in [1.807, 2.05) is 6.92 Å². The maximum absolute atomic E-state index is 12.7. The molecule has 1 N–H and O–H groups in total. The van der Waals surface area contributed by atoms with Crippen LogP contribution >= 0.6 is 0 Å². The zero-order valence-electron chi connectivity index (χ0n) is 14.7. The Labute approximate surface area is 147 Å². The average Bonchev–Trinajstić information content (AvgIpc) is 2.62. The van der Waals surface area contributed by atoms with Gasteiger partial charge >= 0.3 is 5.97 Å². The van der Waals surface area contributed by atoms with Crippen LogP contribution in [-0.4, -0.2) is 60.9 Å². The molecule has 1 heterocycles. The third kappa shape index (κ3) is 5.09. The number of benzene rings is 1. The number of hydrogen-bond donors (Lipinski definition) is 1. The molecule has 1 aliphatic heterocycles. The summed E-state index contributed by atoms with van der Waals surface area (Å²) in [5, 5.41) is 9.06. The van der Waals surface area contributed by atoms with Crippen LogP contribution in [0.4, 0.5) is 0 Å². The highest BCUT2D eigenvalue weighted by atomic mass is 16.5. The quantitative estimate of drug-likeness (QED) is 0.723. The van der Waals surface area contributed by atoms with Crippen molar-refractivity contribution in [3.05, 3.63) is 23.8 Å². The number of unbranched alkanes of at least 4 members (excludes halogenated alkanes) is 1. The second-order valence-electron chi connectivity index (χ2n) is 5.75. The van der Waals surface area contributed by atoms with Gasteiger partial charge in [-0.05, 0) is 31.5 Å². The van der Waals surface area contributed by atoms with Crippen LogP contribution in [0.25, 0.3) is 0 Å². The van der Waals surface area contributed by atoms with Gasteiger partial charge in [0, 0.05) is 12.1 Å². The minimum absolute atomic E-state index is 0.0346. The molecule has 1 fully saturated rings. The predicted octanol–water partition coefficient (Wildman–Crippen LogP) is 2.19. The molecule has 7 heteroatoms. The van der Waals surface area contributed by atoms with Crippen molar-refractivity contribution < 1.29 is 28.9 Å². The largest absolute Gasteiger partial charge is 0.490 e. The fraction of sp³-hybridized carbons (Fsp3) is 0.556. The normalized spacial score (nSPS) is 17.2. The number of carbonyl (C=O) groups excluding carboxylic acids is 1. The molecule has 2 rings (SSSR count). The molecule has 1 saturated heterocycles. The van der Waals surface area contributed by atoms with Crippen LogP contribution in [0.3, 0.4) is 0 Å². The number of aliphatic carboxylic acids is 1. The lowest BCUT2D eigenvalue weighted by Crippen LogP contribution is -2.48. The highest BCUT2D eigenvalue weighted by molar-refractivity contribution is 5.95. The summed E-state index contributed by atoms with van der Waals surface area (Å²) in [7, 11) is 0. The highest BCUT2D eigenvalue weighted by Crippen LogP contribution is 2.29. The predicted molar refractivity (Wildman–Crippen MR) is 91.3 cm³/mol. The van der Waals surface area contributed by atoms with Gasteiger partial charge in [-0.25, -0.2) is 4.79 Å². The van der Waals surface area contributed by atoms with Crippen LogP contribution in [-0.2, 0) is 9.53 Å². The molecule has 0 saturated carbocycles. The van der Waals surface area contributed by atoms with Crippen LogP contribution in [0.1, 0.15) is 37.0 Å². The van der Waals surface area contributed by atoms with Gasteiger partial charge in [0.1, 0.15) is 0 Å². The molecular formula is C18H25NO6. The highest BCUT2D eigenvalue weighted by Gasteiger charge is 2.29. The first-order valence-corrected chi connectivity index (χ1v) is 8.60. The minimum atomic E-state index is -1.06. The van der Waals surface area contributed by atoms with Crippen LogP contribution in [0.2, 0.25) is 0 Å². The van der Waals surface area contributed by atoms with Crippen LogP contribution in [0.15, 0.2) is 18.2 Å². The van der Waals surface area contributed by atoms with Gasteiger partial charge in [0.25, 0.3) is 5.91 Å². The smallest absolute Gasteiger partial charge is 0.334 e. The van der Waals surface area contributed by atoms with Gasteiger partial charge in [-0.3, -0.25) is 4.79 Å². The van der Waals surface area contributed by atoms with E-state index < -0.39 is 12.1 Å². The third-order valence-electron chi connectivity index (χ3n) is 3.88. The number of hydrogen-bond acceptors (Lipinski definition) is 5. The Morgan fingerprint density at radius 2 is 2.08 bits per heavy atom. The number of rotatable bonds is 8. The lowest BCUT2D eigenvalue weighted by Gasteiger charge is -2.31. The van der Waals surface area contributed by atoms with Crippen LogP contribution in [0, 0.1) is 0 Å². The molecule has 138 valence electrons. The molecule has 1 atom stereocenters. The summed E-state index contributed by atoms with van der Waals surface area (Å²) in [6, 6.07) is 5.05. The summed E-state index contributed by atoms with van der Waals surface area (Å²) in [5.41, 5.74) is 0.442. The van der Waals surface area contributed by atoms with E-state index >= 15 is 0 Å². The van der Waals surface area contributed by atoms with Crippen molar-refractivity contribution in [1.29, 1.82) is 0 Å². The average molecular weight is 351 g/mol. The number of morpholine rings is 1. The summed E-state index contributed by atoms with van der Waals surface area (Å²) in [4.78, 5) is 25.2. The van der Waals surface area contributed by atoms with Gasteiger partial charge in [-0.1, -0.05) is 13.3 Å². The van der Waals surface area contributed by atoms with E-state index in [9.17, 15) is 9.59 Å². The minimum Gasteiger partial charge on any atom is -0.490 e. The van der Waals surface area contributed by atoms with E-state index in [0.717, 1.165) is 12.8 Å². The van der Waals surface area contributed by atoms with Gasteiger partial charge in [0.2, 0.25) is 0 Å². The van der Waals surface area contributed by atoms with E-state index in [1.54, 1.807) is 18.2 Å². The lowest BCUT2D eigenvalue weighted by atomic mass is 10.1. The van der Waals surface area contributed by atoms with Gasteiger partial charge in [-0.2, -0.15) is 0 Å². The number of carboxylic acids is 1. The van der Waals surface area contributed by atoms with Gasteiger partial charge in [0.15, 0.2) is 17.6 Å². The molecule has 0 spiro atoms. The number of nitrogens with zero attached hydrogens (tertiary/aromatic N) is 1.